The number of nitrogens with zero attached hydrogens (tertiary/aromatic N) is 1. The van der Waals surface area contributed by atoms with E-state index in [4.69, 9.17) is 5.73 Å². The van der Waals surface area contributed by atoms with Crippen molar-refractivity contribution in [3.05, 3.63) is 55.6 Å². The van der Waals surface area contributed by atoms with Gasteiger partial charge in [0.1, 0.15) is 0 Å². The van der Waals surface area contributed by atoms with Crippen LogP contribution < -0.4 is 11.3 Å². The quantitative estimate of drug-likeness (QED) is 0.943. The summed E-state index contributed by atoms with van der Waals surface area (Å²) in [5.74, 6) is 0. The summed E-state index contributed by atoms with van der Waals surface area (Å²) in [5, 5.41) is 2.02. The monoisotopic (exact) mass is 286 g/mol. The highest BCUT2D eigenvalue weighted by Crippen LogP contribution is 2.38. The van der Waals surface area contributed by atoms with Crippen LogP contribution in [0.15, 0.2) is 28.4 Å². The molecular formula is C16H18N2OS. The number of nitrogens with two attached hydrogens (primary N) is 1. The molecule has 4 heteroatoms. The van der Waals surface area contributed by atoms with Gasteiger partial charge in [-0.2, -0.15) is 0 Å². The van der Waals surface area contributed by atoms with Crippen LogP contribution in [-0.4, -0.2) is 4.57 Å². The summed E-state index contributed by atoms with van der Waals surface area (Å²) in [5.41, 5.74) is 9.89. The van der Waals surface area contributed by atoms with Gasteiger partial charge in [0, 0.05) is 22.2 Å². The Kier molecular flexibility index (Phi) is 2.82. The van der Waals surface area contributed by atoms with Crippen molar-refractivity contribution in [2.45, 2.75) is 44.2 Å². The maximum absolute atomic E-state index is 12.8. The van der Waals surface area contributed by atoms with Gasteiger partial charge in [0.15, 0.2) is 0 Å². The number of pyridine rings is 1. The maximum Gasteiger partial charge on any atom is 0.256 e. The topological polar surface area (TPSA) is 48.0 Å². The van der Waals surface area contributed by atoms with Crippen molar-refractivity contribution in [3.63, 3.8) is 0 Å². The molecule has 1 fully saturated rings. The van der Waals surface area contributed by atoms with E-state index in [0.717, 1.165) is 36.1 Å². The lowest BCUT2D eigenvalue weighted by atomic mass is 10.0. The molecule has 1 atom stereocenters. The fraction of sp³-hybridized carbons (Fsp3) is 0.438. The van der Waals surface area contributed by atoms with Gasteiger partial charge in [-0.15, -0.1) is 11.3 Å². The second-order valence-electron chi connectivity index (χ2n) is 5.82. The highest BCUT2D eigenvalue weighted by atomic mass is 32.1. The molecule has 0 aliphatic heterocycles. The molecule has 0 bridgehead atoms. The molecule has 2 aromatic heterocycles. The zero-order valence-electron chi connectivity index (χ0n) is 11.3. The third-order valence-electron chi connectivity index (χ3n) is 4.41. The molecule has 2 aromatic rings. The average molecular weight is 286 g/mol. The molecule has 0 amide bonds. The van der Waals surface area contributed by atoms with Crippen LogP contribution in [0.4, 0.5) is 0 Å². The fourth-order valence-electron chi connectivity index (χ4n) is 3.26. The van der Waals surface area contributed by atoms with Crippen molar-refractivity contribution in [2.24, 2.45) is 5.73 Å². The van der Waals surface area contributed by atoms with E-state index < -0.39 is 0 Å². The van der Waals surface area contributed by atoms with E-state index in [1.54, 1.807) is 11.3 Å². The van der Waals surface area contributed by atoms with Crippen LogP contribution in [0.5, 0.6) is 0 Å². The van der Waals surface area contributed by atoms with Crippen LogP contribution in [0.3, 0.4) is 0 Å². The van der Waals surface area contributed by atoms with Crippen molar-refractivity contribution in [2.75, 3.05) is 0 Å². The molecule has 4 rings (SSSR count). The molecule has 3 nitrogen and oxygen atoms in total. The first-order valence-corrected chi connectivity index (χ1v) is 8.20. The highest BCUT2D eigenvalue weighted by Gasteiger charge is 2.31. The number of thiophene rings is 1. The van der Waals surface area contributed by atoms with Crippen molar-refractivity contribution in [1.29, 1.82) is 0 Å². The third-order valence-corrected chi connectivity index (χ3v) is 5.37. The maximum atomic E-state index is 12.8. The van der Waals surface area contributed by atoms with Crippen LogP contribution in [0.2, 0.25) is 0 Å². The predicted octanol–water partition coefficient (Wildman–Crippen LogP) is 2.78. The number of hydrogen-bond acceptors (Lipinski definition) is 3. The molecule has 2 aliphatic rings. The van der Waals surface area contributed by atoms with Crippen molar-refractivity contribution in [3.8, 4) is 0 Å². The molecule has 2 N–H and O–H groups in total. The van der Waals surface area contributed by atoms with Gasteiger partial charge in [0.25, 0.3) is 5.56 Å². The molecule has 1 saturated carbocycles. The van der Waals surface area contributed by atoms with E-state index >= 15 is 0 Å². The first-order chi connectivity index (χ1) is 9.75. The Bertz CT molecular complexity index is 698. The summed E-state index contributed by atoms with van der Waals surface area (Å²) in [6.07, 6.45) is 5.59. The molecule has 2 aliphatic carbocycles. The molecule has 0 aromatic carbocycles. The minimum atomic E-state index is -0.279. The standard InChI is InChI=1S/C16H18N2OS/c17-15(14-5-2-8-20-14)12-9-10-3-1-4-13(10)18(16(12)19)11-6-7-11/h2,5,8-9,11,15H,1,3-4,6-7,17H2. The van der Waals surface area contributed by atoms with Gasteiger partial charge in [-0.05, 0) is 55.2 Å². The summed E-state index contributed by atoms with van der Waals surface area (Å²) in [4.78, 5) is 13.9. The second kappa shape index (κ2) is 4.57. The molecule has 0 saturated heterocycles. The largest absolute Gasteiger partial charge is 0.319 e. The van der Waals surface area contributed by atoms with E-state index in [1.807, 2.05) is 17.5 Å². The van der Waals surface area contributed by atoms with Gasteiger partial charge >= 0.3 is 0 Å². The number of aromatic nitrogens is 1. The lowest BCUT2D eigenvalue weighted by Gasteiger charge is -2.17. The molecule has 104 valence electrons. The Morgan fingerprint density at radius 2 is 2.20 bits per heavy atom. The summed E-state index contributed by atoms with van der Waals surface area (Å²) in [6.45, 7) is 0. The van der Waals surface area contributed by atoms with Crippen LogP contribution in [-0.2, 0) is 12.8 Å². The van der Waals surface area contributed by atoms with Crippen molar-refractivity contribution >= 4 is 11.3 Å². The van der Waals surface area contributed by atoms with Crippen LogP contribution >= 0.6 is 11.3 Å². The Hall–Kier alpha value is -1.39. The molecule has 0 radical (unpaired) electrons. The van der Waals surface area contributed by atoms with E-state index in [2.05, 4.69) is 10.6 Å². The zero-order chi connectivity index (χ0) is 13.7. The van der Waals surface area contributed by atoms with Crippen molar-refractivity contribution < 1.29 is 0 Å². The van der Waals surface area contributed by atoms with E-state index in [0.29, 0.717) is 6.04 Å². The Morgan fingerprint density at radius 1 is 1.35 bits per heavy atom. The summed E-state index contributed by atoms with van der Waals surface area (Å²) in [7, 11) is 0. The van der Waals surface area contributed by atoms with Gasteiger partial charge in [-0.3, -0.25) is 4.79 Å². The fourth-order valence-corrected chi connectivity index (χ4v) is 4.00. The summed E-state index contributed by atoms with van der Waals surface area (Å²) >= 11 is 1.62. The van der Waals surface area contributed by atoms with Gasteiger partial charge in [-0.25, -0.2) is 0 Å². The van der Waals surface area contributed by atoms with Crippen LogP contribution in [0, 0.1) is 0 Å². The minimum absolute atomic E-state index is 0.147. The third kappa shape index (κ3) is 1.86. The van der Waals surface area contributed by atoms with Crippen molar-refractivity contribution in [1.82, 2.24) is 4.57 Å². The number of aryl methyl sites for hydroxylation is 1. The smallest absolute Gasteiger partial charge is 0.256 e. The first kappa shape index (κ1) is 12.4. The molecule has 2 heterocycles. The predicted molar refractivity (Wildman–Crippen MR) is 81.3 cm³/mol. The average Bonchev–Trinajstić information content (AvgIpc) is 2.95. The minimum Gasteiger partial charge on any atom is -0.319 e. The van der Waals surface area contributed by atoms with E-state index in [9.17, 15) is 4.79 Å². The Balaban J connectivity index is 1.88. The summed E-state index contributed by atoms with van der Waals surface area (Å²) in [6, 6.07) is 6.24. The number of fused-ring (bicyclic) bond motifs is 1. The molecule has 0 spiro atoms. The van der Waals surface area contributed by atoms with Crippen LogP contribution in [0.25, 0.3) is 0 Å². The Morgan fingerprint density at radius 3 is 2.90 bits per heavy atom. The highest BCUT2D eigenvalue weighted by molar-refractivity contribution is 7.10. The Labute approximate surface area is 122 Å². The normalized spacial score (nSPS) is 19.1. The lowest BCUT2D eigenvalue weighted by Crippen LogP contribution is -2.30. The van der Waals surface area contributed by atoms with E-state index in [1.165, 1.54) is 17.7 Å². The SMILES string of the molecule is NC(c1cccs1)c1cc2c(n(C3CC3)c1=O)CCC2. The first-order valence-electron chi connectivity index (χ1n) is 7.32. The molecule has 1 unspecified atom stereocenters. The van der Waals surface area contributed by atoms with Gasteiger partial charge in [0.2, 0.25) is 0 Å². The van der Waals surface area contributed by atoms with Gasteiger partial charge in [0.05, 0.1) is 6.04 Å². The van der Waals surface area contributed by atoms with Crippen LogP contribution in [0.1, 0.15) is 53.0 Å². The van der Waals surface area contributed by atoms with Gasteiger partial charge < -0.3 is 10.3 Å². The van der Waals surface area contributed by atoms with E-state index in [-0.39, 0.29) is 11.6 Å². The molecular weight excluding hydrogens is 268 g/mol. The number of hydrogen-bond donors (Lipinski definition) is 1. The molecule has 20 heavy (non-hydrogen) atoms. The second-order valence-corrected chi connectivity index (χ2v) is 6.80. The number of rotatable bonds is 3. The lowest BCUT2D eigenvalue weighted by molar-refractivity contribution is 0.649. The van der Waals surface area contributed by atoms with Gasteiger partial charge in [-0.1, -0.05) is 6.07 Å². The zero-order valence-corrected chi connectivity index (χ0v) is 12.2. The summed E-state index contributed by atoms with van der Waals surface area (Å²) < 4.78 is 2.06.